The van der Waals surface area contributed by atoms with Crippen LogP contribution in [0.25, 0.3) is 11.4 Å². The van der Waals surface area contributed by atoms with Gasteiger partial charge in [-0.3, -0.25) is 0 Å². The highest BCUT2D eigenvalue weighted by atomic mass is 15.2. The lowest BCUT2D eigenvalue weighted by Gasteiger charge is -2.13. The fraction of sp³-hybridized carbons (Fsp3) is 0.429. The first-order valence-electron chi connectivity index (χ1n) is 6.54. The van der Waals surface area contributed by atoms with E-state index in [2.05, 4.69) is 39.8 Å². The number of anilines is 1. The number of nitrogens with zero attached hydrogens (tertiary/aromatic N) is 3. The van der Waals surface area contributed by atoms with Gasteiger partial charge in [0, 0.05) is 24.3 Å². The molecule has 0 radical (unpaired) electrons. The molecule has 0 unspecified atom stereocenters. The lowest BCUT2D eigenvalue weighted by atomic mass is 10.1. The highest BCUT2D eigenvalue weighted by molar-refractivity contribution is 5.59. The summed E-state index contributed by atoms with van der Waals surface area (Å²) in [6, 6.07) is 9.11. The molecule has 1 fully saturated rings. The van der Waals surface area contributed by atoms with Crippen LogP contribution in [-0.2, 0) is 7.05 Å². The van der Waals surface area contributed by atoms with Gasteiger partial charge in [-0.2, -0.15) is 0 Å². The van der Waals surface area contributed by atoms with Crippen molar-refractivity contribution in [3.8, 4) is 11.4 Å². The Kier molecular flexibility index (Phi) is 3.00. The predicted octanol–water partition coefficient (Wildman–Crippen LogP) is 2.84. The van der Waals surface area contributed by atoms with E-state index in [9.17, 15) is 0 Å². The van der Waals surface area contributed by atoms with Crippen LogP contribution in [0.2, 0.25) is 0 Å². The molecule has 0 bridgehead atoms. The maximum absolute atomic E-state index is 4.11. The molecule has 4 heteroatoms. The fourth-order valence-corrected chi connectivity index (χ4v) is 2.57. The largest absolute Gasteiger partial charge is 0.382 e. The summed E-state index contributed by atoms with van der Waals surface area (Å²) in [6.07, 6.45) is 7.03. The number of hydrogen-bond donors (Lipinski definition) is 1. The fourth-order valence-electron chi connectivity index (χ4n) is 2.57. The van der Waals surface area contributed by atoms with Crippen LogP contribution in [0.5, 0.6) is 0 Å². The molecule has 0 amide bonds. The lowest BCUT2D eigenvalue weighted by Crippen LogP contribution is -2.14. The van der Waals surface area contributed by atoms with Gasteiger partial charge in [-0.05, 0) is 37.1 Å². The highest BCUT2D eigenvalue weighted by Gasteiger charge is 2.14. The summed E-state index contributed by atoms with van der Waals surface area (Å²) in [5, 5.41) is 11.6. The summed E-state index contributed by atoms with van der Waals surface area (Å²) >= 11 is 0. The molecule has 4 nitrogen and oxygen atoms in total. The van der Waals surface area contributed by atoms with Crippen molar-refractivity contribution in [1.29, 1.82) is 0 Å². The van der Waals surface area contributed by atoms with E-state index in [0.717, 1.165) is 11.4 Å². The van der Waals surface area contributed by atoms with Crippen molar-refractivity contribution < 1.29 is 0 Å². The Bertz CT molecular complexity index is 509. The van der Waals surface area contributed by atoms with Gasteiger partial charge < -0.3 is 9.88 Å². The molecule has 1 saturated carbocycles. The molecular formula is C14H18N4. The van der Waals surface area contributed by atoms with Crippen LogP contribution in [-0.4, -0.2) is 20.8 Å². The SMILES string of the molecule is Cn1cnnc1-c1ccc(NC2CCCC2)cc1. The van der Waals surface area contributed by atoms with Gasteiger partial charge in [0.1, 0.15) is 6.33 Å². The third kappa shape index (κ3) is 2.23. The molecule has 0 aliphatic heterocycles. The van der Waals surface area contributed by atoms with Gasteiger partial charge in [0.25, 0.3) is 0 Å². The first-order chi connectivity index (χ1) is 8.83. The number of hydrogen-bond acceptors (Lipinski definition) is 3. The predicted molar refractivity (Wildman–Crippen MR) is 72.3 cm³/mol. The number of aromatic nitrogens is 3. The third-order valence-corrected chi connectivity index (χ3v) is 3.58. The second-order valence-electron chi connectivity index (χ2n) is 4.97. The van der Waals surface area contributed by atoms with E-state index in [1.165, 1.54) is 31.4 Å². The standard InChI is InChI=1S/C14H18N4/c1-18-10-15-17-14(18)11-6-8-13(9-7-11)16-12-4-2-3-5-12/h6-10,12,16H,2-5H2,1H3. The van der Waals surface area contributed by atoms with Crippen LogP contribution in [0.15, 0.2) is 30.6 Å². The minimum atomic E-state index is 0.658. The summed E-state index contributed by atoms with van der Waals surface area (Å²) in [5.41, 5.74) is 2.31. The van der Waals surface area contributed by atoms with E-state index in [1.54, 1.807) is 6.33 Å². The zero-order valence-electron chi connectivity index (χ0n) is 10.6. The average molecular weight is 242 g/mol. The van der Waals surface area contributed by atoms with Crippen molar-refractivity contribution in [2.24, 2.45) is 7.05 Å². The molecule has 3 rings (SSSR count). The Labute approximate surface area is 107 Å². The molecule has 18 heavy (non-hydrogen) atoms. The van der Waals surface area contributed by atoms with Crippen LogP contribution in [0, 0.1) is 0 Å². The van der Waals surface area contributed by atoms with Crippen LogP contribution >= 0.6 is 0 Å². The second-order valence-corrected chi connectivity index (χ2v) is 4.97. The quantitative estimate of drug-likeness (QED) is 0.900. The Morgan fingerprint density at radius 3 is 2.50 bits per heavy atom. The molecule has 0 atom stereocenters. The van der Waals surface area contributed by atoms with E-state index >= 15 is 0 Å². The molecular weight excluding hydrogens is 224 g/mol. The molecule has 1 N–H and O–H groups in total. The summed E-state index contributed by atoms with van der Waals surface area (Å²) in [7, 11) is 1.96. The van der Waals surface area contributed by atoms with Crippen molar-refractivity contribution in [3.05, 3.63) is 30.6 Å². The van der Waals surface area contributed by atoms with Crippen LogP contribution < -0.4 is 5.32 Å². The van der Waals surface area contributed by atoms with E-state index in [0.29, 0.717) is 6.04 Å². The van der Waals surface area contributed by atoms with E-state index in [4.69, 9.17) is 0 Å². The number of aryl methyl sites for hydroxylation is 1. The smallest absolute Gasteiger partial charge is 0.163 e. The average Bonchev–Trinajstić information content (AvgIpc) is 3.02. The van der Waals surface area contributed by atoms with E-state index in [1.807, 2.05) is 11.6 Å². The van der Waals surface area contributed by atoms with Gasteiger partial charge >= 0.3 is 0 Å². The van der Waals surface area contributed by atoms with Crippen molar-refractivity contribution >= 4 is 5.69 Å². The summed E-state index contributed by atoms with van der Waals surface area (Å²) in [4.78, 5) is 0. The Balaban J connectivity index is 1.74. The van der Waals surface area contributed by atoms with Gasteiger partial charge in [-0.25, -0.2) is 0 Å². The van der Waals surface area contributed by atoms with E-state index < -0.39 is 0 Å². The molecule has 1 aromatic carbocycles. The molecule has 2 aromatic rings. The Hall–Kier alpha value is -1.84. The number of nitrogens with one attached hydrogen (secondary N) is 1. The maximum Gasteiger partial charge on any atom is 0.163 e. The molecule has 1 aliphatic rings. The van der Waals surface area contributed by atoms with Crippen molar-refractivity contribution in [1.82, 2.24) is 14.8 Å². The normalized spacial score (nSPS) is 16.1. The van der Waals surface area contributed by atoms with Crippen LogP contribution in [0.1, 0.15) is 25.7 Å². The zero-order chi connectivity index (χ0) is 12.4. The number of rotatable bonds is 3. The Morgan fingerprint density at radius 2 is 1.89 bits per heavy atom. The zero-order valence-corrected chi connectivity index (χ0v) is 10.6. The second kappa shape index (κ2) is 4.80. The molecule has 1 aliphatic carbocycles. The maximum atomic E-state index is 4.11. The molecule has 0 spiro atoms. The molecule has 0 saturated heterocycles. The first-order valence-corrected chi connectivity index (χ1v) is 6.54. The minimum Gasteiger partial charge on any atom is -0.382 e. The summed E-state index contributed by atoms with van der Waals surface area (Å²) in [6.45, 7) is 0. The van der Waals surface area contributed by atoms with Gasteiger partial charge in [0.2, 0.25) is 0 Å². The van der Waals surface area contributed by atoms with Gasteiger partial charge in [0.05, 0.1) is 0 Å². The summed E-state index contributed by atoms with van der Waals surface area (Å²) < 4.78 is 1.93. The van der Waals surface area contributed by atoms with Gasteiger partial charge in [0.15, 0.2) is 5.82 Å². The highest BCUT2D eigenvalue weighted by Crippen LogP contribution is 2.24. The molecule has 1 heterocycles. The van der Waals surface area contributed by atoms with Crippen molar-refractivity contribution in [3.63, 3.8) is 0 Å². The van der Waals surface area contributed by atoms with E-state index in [-0.39, 0.29) is 0 Å². The first kappa shape index (κ1) is 11.3. The van der Waals surface area contributed by atoms with Crippen molar-refractivity contribution in [2.45, 2.75) is 31.7 Å². The summed E-state index contributed by atoms with van der Waals surface area (Å²) in [5.74, 6) is 0.905. The molecule has 94 valence electrons. The van der Waals surface area contributed by atoms with Crippen LogP contribution in [0.4, 0.5) is 5.69 Å². The van der Waals surface area contributed by atoms with Crippen LogP contribution in [0.3, 0.4) is 0 Å². The van der Waals surface area contributed by atoms with Crippen molar-refractivity contribution in [2.75, 3.05) is 5.32 Å². The topological polar surface area (TPSA) is 42.7 Å². The monoisotopic (exact) mass is 242 g/mol. The van der Waals surface area contributed by atoms with Gasteiger partial charge in [-0.15, -0.1) is 10.2 Å². The Morgan fingerprint density at radius 1 is 1.17 bits per heavy atom. The lowest BCUT2D eigenvalue weighted by molar-refractivity contribution is 0.755. The third-order valence-electron chi connectivity index (χ3n) is 3.58. The number of benzene rings is 1. The molecule has 1 aromatic heterocycles. The minimum absolute atomic E-state index is 0.658. The van der Waals surface area contributed by atoms with Gasteiger partial charge in [-0.1, -0.05) is 12.8 Å².